The van der Waals surface area contributed by atoms with Gasteiger partial charge in [0, 0.05) is 18.3 Å². The maximum absolute atomic E-state index is 11.8. The molecule has 1 heterocycles. The van der Waals surface area contributed by atoms with Crippen molar-refractivity contribution in [2.75, 3.05) is 18.1 Å². The van der Waals surface area contributed by atoms with Crippen LogP contribution in [0.3, 0.4) is 0 Å². The van der Waals surface area contributed by atoms with Crippen molar-refractivity contribution in [2.24, 2.45) is 0 Å². The highest BCUT2D eigenvalue weighted by Crippen LogP contribution is 2.17. The summed E-state index contributed by atoms with van der Waals surface area (Å²) in [6, 6.07) is 0.568. The van der Waals surface area contributed by atoms with Crippen LogP contribution in [0.4, 0.5) is 4.79 Å². The van der Waals surface area contributed by atoms with Gasteiger partial charge in [0.05, 0.1) is 5.54 Å². The van der Waals surface area contributed by atoms with Gasteiger partial charge in [-0.15, -0.1) is 0 Å². The topological polar surface area (TPSA) is 50.4 Å². The summed E-state index contributed by atoms with van der Waals surface area (Å²) in [5.74, 6) is 2.44. The van der Waals surface area contributed by atoms with E-state index >= 15 is 0 Å². The largest absolute Gasteiger partial charge is 0.444 e. The highest BCUT2D eigenvalue weighted by atomic mass is 32.2. The normalized spacial score (nSPS) is 21.0. The Morgan fingerprint density at radius 3 is 2.53 bits per heavy atom. The van der Waals surface area contributed by atoms with Crippen LogP contribution >= 0.6 is 11.8 Å². The Labute approximate surface area is 121 Å². The van der Waals surface area contributed by atoms with E-state index in [9.17, 15) is 4.79 Å². The number of amides is 1. The summed E-state index contributed by atoms with van der Waals surface area (Å²) in [5.41, 5.74) is -0.752. The third kappa shape index (κ3) is 7.67. The van der Waals surface area contributed by atoms with Gasteiger partial charge in [0.15, 0.2) is 0 Å². The van der Waals surface area contributed by atoms with Crippen molar-refractivity contribution in [3.8, 4) is 0 Å². The average Bonchev–Trinajstić information content (AvgIpc) is 2.24. The molecule has 1 amide bonds. The van der Waals surface area contributed by atoms with E-state index in [1.807, 2.05) is 46.4 Å². The molecule has 0 saturated carbocycles. The van der Waals surface area contributed by atoms with Crippen LogP contribution in [0.25, 0.3) is 0 Å². The molecular weight excluding hydrogens is 260 g/mol. The highest BCUT2D eigenvalue weighted by Gasteiger charge is 2.25. The van der Waals surface area contributed by atoms with Crippen LogP contribution in [0.15, 0.2) is 0 Å². The number of hydrogen-bond donors (Lipinski definition) is 2. The van der Waals surface area contributed by atoms with E-state index in [-0.39, 0.29) is 11.6 Å². The predicted molar refractivity (Wildman–Crippen MR) is 81.8 cm³/mol. The second-order valence-corrected chi connectivity index (χ2v) is 7.96. The predicted octanol–water partition coefficient (Wildman–Crippen LogP) is 2.77. The van der Waals surface area contributed by atoms with Gasteiger partial charge in [-0.25, -0.2) is 4.79 Å². The Bertz CT molecular complexity index is 294. The van der Waals surface area contributed by atoms with Crippen LogP contribution in [0, 0.1) is 0 Å². The second kappa shape index (κ2) is 6.84. The van der Waals surface area contributed by atoms with Crippen molar-refractivity contribution < 1.29 is 9.53 Å². The van der Waals surface area contributed by atoms with E-state index in [2.05, 4.69) is 10.6 Å². The second-order valence-electron chi connectivity index (χ2n) is 6.81. The molecule has 1 aliphatic rings. The zero-order valence-corrected chi connectivity index (χ0v) is 13.7. The Hall–Kier alpha value is -0.420. The van der Waals surface area contributed by atoms with Gasteiger partial charge >= 0.3 is 6.09 Å². The van der Waals surface area contributed by atoms with Crippen molar-refractivity contribution in [1.82, 2.24) is 10.6 Å². The van der Waals surface area contributed by atoms with Crippen LogP contribution in [0.2, 0.25) is 0 Å². The minimum Gasteiger partial charge on any atom is -0.444 e. The molecule has 0 aromatic heterocycles. The van der Waals surface area contributed by atoms with Gasteiger partial charge in [-0.05, 0) is 53.2 Å². The Kier molecular flexibility index (Phi) is 5.99. The first-order valence-corrected chi connectivity index (χ1v) is 8.16. The van der Waals surface area contributed by atoms with E-state index < -0.39 is 5.60 Å². The summed E-state index contributed by atoms with van der Waals surface area (Å²) >= 11 is 2.00. The molecule has 0 bridgehead atoms. The molecule has 1 saturated heterocycles. The molecule has 1 unspecified atom stereocenters. The average molecular weight is 288 g/mol. The summed E-state index contributed by atoms with van der Waals surface area (Å²) in [7, 11) is 0. The van der Waals surface area contributed by atoms with Crippen molar-refractivity contribution >= 4 is 17.9 Å². The zero-order valence-electron chi connectivity index (χ0n) is 12.8. The van der Waals surface area contributed by atoms with Gasteiger partial charge in [-0.2, -0.15) is 11.8 Å². The zero-order chi connectivity index (χ0) is 14.5. The number of nitrogens with one attached hydrogen (secondary N) is 2. The fraction of sp³-hybridized carbons (Fsp3) is 0.929. The Morgan fingerprint density at radius 2 is 2.00 bits per heavy atom. The molecule has 5 heteroatoms. The van der Waals surface area contributed by atoms with E-state index in [1.54, 1.807) is 0 Å². The fourth-order valence-corrected chi connectivity index (χ4v) is 3.03. The number of ether oxygens (including phenoxy) is 1. The summed E-state index contributed by atoms with van der Waals surface area (Å²) in [4.78, 5) is 11.8. The number of carbonyl (C=O) groups is 1. The van der Waals surface area contributed by atoms with Crippen LogP contribution in [-0.2, 0) is 4.74 Å². The molecular formula is C14H28N2O2S. The lowest BCUT2D eigenvalue weighted by Crippen LogP contribution is -2.53. The Morgan fingerprint density at radius 1 is 1.32 bits per heavy atom. The maximum Gasteiger partial charge on any atom is 0.408 e. The standard InChI is InChI=1S/C14H28N2O2S/c1-13(2,3)18-12(17)16-14(4,5)10-15-11-7-6-8-19-9-11/h11,15H,6-10H2,1-5H3,(H,16,17). The molecule has 0 aliphatic carbocycles. The number of thioether (sulfide) groups is 1. The molecule has 19 heavy (non-hydrogen) atoms. The van der Waals surface area contributed by atoms with Crippen LogP contribution in [0.5, 0.6) is 0 Å². The molecule has 0 aromatic rings. The Balaban J connectivity index is 2.31. The van der Waals surface area contributed by atoms with Gasteiger partial charge in [0.1, 0.15) is 5.60 Å². The summed E-state index contributed by atoms with van der Waals surface area (Å²) in [6.07, 6.45) is 2.16. The van der Waals surface area contributed by atoms with Gasteiger partial charge in [0.25, 0.3) is 0 Å². The lowest BCUT2D eigenvalue weighted by atomic mass is 10.0. The first kappa shape index (κ1) is 16.6. The summed E-state index contributed by atoms with van der Waals surface area (Å²) < 4.78 is 5.28. The molecule has 0 aromatic carbocycles. The van der Waals surface area contributed by atoms with Crippen LogP contribution in [-0.4, -0.2) is 41.3 Å². The van der Waals surface area contributed by atoms with Crippen LogP contribution in [0.1, 0.15) is 47.5 Å². The quantitative estimate of drug-likeness (QED) is 0.835. The number of rotatable bonds is 4. The van der Waals surface area contributed by atoms with E-state index in [0.717, 1.165) is 6.54 Å². The lowest BCUT2D eigenvalue weighted by Gasteiger charge is -2.31. The van der Waals surface area contributed by atoms with E-state index in [1.165, 1.54) is 24.3 Å². The molecule has 1 aliphatic heterocycles. The van der Waals surface area contributed by atoms with Crippen molar-refractivity contribution in [3.63, 3.8) is 0 Å². The van der Waals surface area contributed by atoms with Crippen molar-refractivity contribution in [3.05, 3.63) is 0 Å². The first-order valence-electron chi connectivity index (χ1n) is 7.00. The van der Waals surface area contributed by atoms with Crippen molar-refractivity contribution in [1.29, 1.82) is 0 Å². The highest BCUT2D eigenvalue weighted by molar-refractivity contribution is 7.99. The van der Waals surface area contributed by atoms with Gasteiger partial charge < -0.3 is 15.4 Å². The third-order valence-electron chi connectivity index (χ3n) is 2.83. The molecule has 1 rings (SSSR count). The monoisotopic (exact) mass is 288 g/mol. The minimum atomic E-state index is -0.451. The van der Waals surface area contributed by atoms with Crippen molar-refractivity contribution in [2.45, 2.75) is 64.6 Å². The lowest BCUT2D eigenvalue weighted by molar-refractivity contribution is 0.0471. The third-order valence-corrected chi connectivity index (χ3v) is 4.05. The number of carbonyl (C=O) groups excluding carboxylic acids is 1. The number of alkyl carbamates (subject to hydrolysis) is 1. The molecule has 4 nitrogen and oxygen atoms in total. The smallest absolute Gasteiger partial charge is 0.408 e. The molecule has 0 radical (unpaired) electrons. The molecule has 2 N–H and O–H groups in total. The van der Waals surface area contributed by atoms with Gasteiger partial charge in [0.2, 0.25) is 0 Å². The van der Waals surface area contributed by atoms with Crippen LogP contribution < -0.4 is 10.6 Å². The van der Waals surface area contributed by atoms with Gasteiger partial charge in [-0.1, -0.05) is 0 Å². The van der Waals surface area contributed by atoms with E-state index in [4.69, 9.17) is 4.74 Å². The first-order chi connectivity index (χ1) is 8.68. The molecule has 0 spiro atoms. The molecule has 112 valence electrons. The van der Waals surface area contributed by atoms with Gasteiger partial charge in [-0.3, -0.25) is 0 Å². The summed E-state index contributed by atoms with van der Waals surface area (Å²) in [6.45, 7) is 10.4. The minimum absolute atomic E-state index is 0.301. The number of hydrogen-bond acceptors (Lipinski definition) is 4. The molecule has 1 fully saturated rings. The summed E-state index contributed by atoms with van der Waals surface area (Å²) in [5, 5.41) is 6.46. The fourth-order valence-electron chi connectivity index (χ4n) is 1.93. The SMILES string of the molecule is CC(C)(CNC1CCCSC1)NC(=O)OC(C)(C)C. The molecule has 1 atom stereocenters. The van der Waals surface area contributed by atoms with E-state index in [0.29, 0.717) is 6.04 Å². The maximum atomic E-state index is 11.8.